The van der Waals surface area contributed by atoms with E-state index in [1.165, 1.54) is 18.2 Å². The first kappa shape index (κ1) is 13.6. The Morgan fingerprint density at radius 1 is 1.35 bits per heavy atom. The van der Waals surface area contributed by atoms with Crippen LogP contribution in [-0.4, -0.2) is 16.9 Å². The van der Waals surface area contributed by atoms with Crippen LogP contribution in [0, 0.1) is 11.9 Å². The lowest BCUT2D eigenvalue weighted by Gasteiger charge is -2.14. The summed E-state index contributed by atoms with van der Waals surface area (Å²) < 4.78 is 12.8. The SMILES string of the molecule is CC(C)CCC(C)NC(=O)c1cccc(F)n1. The normalized spacial score (nSPS) is 12.5. The fourth-order valence-electron chi connectivity index (χ4n) is 1.49. The molecular formula is C13H19FN2O. The van der Waals surface area contributed by atoms with E-state index in [1.807, 2.05) is 6.92 Å². The molecule has 94 valence electrons. The smallest absolute Gasteiger partial charge is 0.270 e. The number of nitrogens with zero attached hydrogens (tertiary/aromatic N) is 1. The minimum Gasteiger partial charge on any atom is -0.348 e. The van der Waals surface area contributed by atoms with Gasteiger partial charge in [-0.15, -0.1) is 0 Å². The van der Waals surface area contributed by atoms with Crippen LogP contribution in [-0.2, 0) is 0 Å². The van der Waals surface area contributed by atoms with Crippen LogP contribution in [0.2, 0.25) is 0 Å². The Bertz CT molecular complexity index is 379. The summed E-state index contributed by atoms with van der Waals surface area (Å²) in [6, 6.07) is 4.29. The topological polar surface area (TPSA) is 42.0 Å². The average Bonchev–Trinajstić information content (AvgIpc) is 2.26. The van der Waals surface area contributed by atoms with Gasteiger partial charge in [-0.2, -0.15) is 4.39 Å². The molecule has 1 atom stereocenters. The number of carbonyl (C=O) groups excluding carboxylic acids is 1. The zero-order valence-electron chi connectivity index (χ0n) is 10.5. The fraction of sp³-hybridized carbons (Fsp3) is 0.538. The van der Waals surface area contributed by atoms with Crippen molar-refractivity contribution in [1.82, 2.24) is 10.3 Å². The van der Waals surface area contributed by atoms with Crippen molar-refractivity contribution in [2.24, 2.45) is 5.92 Å². The Morgan fingerprint density at radius 3 is 2.65 bits per heavy atom. The van der Waals surface area contributed by atoms with Gasteiger partial charge in [0.05, 0.1) is 0 Å². The summed E-state index contributed by atoms with van der Waals surface area (Å²) in [5.41, 5.74) is 0.126. The second-order valence-corrected chi connectivity index (χ2v) is 4.69. The summed E-state index contributed by atoms with van der Waals surface area (Å²) in [4.78, 5) is 15.3. The molecular weight excluding hydrogens is 219 g/mol. The highest BCUT2D eigenvalue weighted by atomic mass is 19.1. The highest BCUT2D eigenvalue weighted by Gasteiger charge is 2.11. The lowest BCUT2D eigenvalue weighted by Crippen LogP contribution is -2.33. The molecule has 1 unspecified atom stereocenters. The summed E-state index contributed by atoms with van der Waals surface area (Å²) in [6.45, 7) is 6.23. The molecule has 0 radical (unpaired) electrons. The van der Waals surface area contributed by atoms with E-state index in [1.54, 1.807) is 0 Å². The molecule has 1 aromatic rings. The van der Waals surface area contributed by atoms with Crippen LogP contribution in [0.3, 0.4) is 0 Å². The van der Waals surface area contributed by atoms with Gasteiger partial charge in [-0.25, -0.2) is 4.98 Å². The van der Waals surface area contributed by atoms with E-state index in [0.717, 1.165) is 12.8 Å². The van der Waals surface area contributed by atoms with Crippen molar-refractivity contribution in [2.45, 2.75) is 39.7 Å². The molecule has 0 spiro atoms. The van der Waals surface area contributed by atoms with Crippen molar-refractivity contribution in [3.05, 3.63) is 29.8 Å². The van der Waals surface area contributed by atoms with Crippen molar-refractivity contribution >= 4 is 5.91 Å². The van der Waals surface area contributed by atoms with Crippen molar-refractivity contribution < 1.29 is 9.18 Å². The summed E-state index contributed by atoms with van der Waals surface area (Å²) in [5, 5.41) is 2.81. The van der Waals surface area contributed by atoms with Gasteiger partial charge in [0.2, 0.25) is 5.95 Å². The van der Waals surface area contributed by atoms with Gasteiger partial charge in [0, 0.05) is 6.04 Å². The molecule has 0 aliphatic carbocycles. The summed E-state index contributed by atoms with van der Waals surface area (Å²) >= 11 is 0. The summed E-state index contributed by atoms with van der Waals surface area (Å²) in [6.07, 6.45) is 1.97. The third-order valence-corrected chi connectivity index (χ3v) is 2.50. The second kappa shape index (κ2) is 6.33. The highest BCUT2D eigenvalue weighted by molar-refractivity contribution is 5.92. The van der Waals surface area contributed by atoms with E-state index in [0.29, 0.717) is 5.92 Å². The van der Waals surface area contributed by atoms with Gasteiger partial charge in [-0.05, 0) is 37.8 Å². The van der Waals surface area contributed by atoms with E-state index in [-0.39, 0.29) is 17.6 Å². The molecule has 0 bridgehead atoms. The molecule has 1 amide bonds. The Kier molecular flexibility index (Phi) is 5.07. The highest BCUT2D eigenvalue weighted by Crippen LogP contribution is 2.07. The molecule has 1 heterocycles. The number of halogens is 1. The Hall–Kier alpha value is -1.45. The van der Waals surface area contributed by atoms with Gasteiger partial charge < -0.3 is 5.32 Å². The van der Waals surface area contributed by atoms with Gasteiger partial charge >= 0.3 is 0 Å². The molecule has 1 N–H and O–H groups in total. The van der Waals surface area contributed by atoms with Crippen molar-refractivity contribution in [1.29, 1.82) is 0 Å². The zero-order valence-corrected chi connectivity index (χ0v) is 10.5. The van der Waals surface area contributed by atoms with E-state index in [2.05, 4.69) is 24.1 Å². The average molecular weight is 238 g/mol. The standard InChI is InChI=1S/C13H19FN2O/c1-9(2)7-8-10(3)15-13(17)11-5-4-6-12(14)16-11/h4-6,9-10H,7-8H2,1-3H3,(H,15,17). The summed E-state index contributed by atoms with van der Waals surface area (Å²) in [5.74, 6) is -0.338. The van der Waals surface area contributed by atoms with Crippen molar-refractivity contribution in [3.63, 3.8) is 0 Å². The molecule has 0 saturated carbocycles. The zero-order chi connectivity index (χ0) is 12.8. The molecule has 1 rings (SSSR count). The molecule has 0 aliphatic heterocycles. The first-order chi connectivity index (χ1) is 7.99. The predicted octanol–water partition coefficient (Wildman–Crippen LogP) is 2.78. The second-order valence-electron chi connectivity index (χ2n) is 4.69. The lowest BCUT2D eigenvalue weighted by atomic mass is 10.0. The van der Waals surface area contributed by atoms with Crippen LogP contribution in [0.25, 0.3) is 0 Å². The van der Waals surface area contributed by atoms with Gasteiger partial charge in [0.1, 0.15) is 5.69 Å². The molecule has 3 nitrogen and oxygen atoms in total. The van der Waals surface area contributed by atoms with Crippen LogP contribution in [0.4, 0.5) is 4.39 Å². The summed E-state index contributed by atoms with van der Waals surface area (Å²) in [7, 11) is 0. The largest absolute Gasteiger partial charge is 0.348 e. The maximum Gasteiger partial charge on any atom is 0.270 e. The Labute approximate surface area is 101 Å². The van der Waals surface area contributed by atoms with E-state index < -0.39 is 5.95 Å². The Balaban J connectivity index is 2.49. The van der Waals surface area contributed by atoms with Gasteiger partial charge in [0.25, 0.3) is 5.91 Å². The minimum absolute atomic E-state index is 0.0787. The van der Waals surface area contributed by atoms with E-state index in [9.17, 15) is 9.18 Å². The van der Waals surface area contributed by atoms with Crippen LogP contribution in [0.5, 0.6) is 0 Å². The van der Waals surface area contributed by atoms with Crippen molar-refractivity contribution in [2.75, 3.05) is 0 Å². The maximum absolute atomic E-state index is 12.8. The monoisotopic (exact) mass is 238 g/mol. The van der Waals surface area contributed by atoms with Crippen LogP contribution in [0.1, 0.15) is 44.1 Å². The fourth-order valence-corrected chi connectivity index (χ4v) is 1.49. The van der Waals surface area contributed by atoms with Crippen LogP contribution in [0.15, 0.2) is 18.2 Å². The first-order valence-electron chi connectivity index (χ1n) is 5.92. The molecule has 0 fully saturated rings. The number of carbonyl (C=O) groups is 1. The Morgan fingerprint density at radius 2 is 2.06 bits per heavy atom. The number of pyridine rings is 1. The van der Waals surface area contributed by atoms with Gasteiger partial charge in [-0.1, -0.05) is 19.9 Å². The van der Waals surface area contributed by atoms with E-state index in [4.69, 9.17) is 0 Å². The molecule has 1 aromatic heterocycles. The van der Waals surface area contributed by atoms with Crippen LogP contribution >= 0.6 is 0 Å². The number of aromatic nitrogens is 1. The van der Waals surface area contributed by atoms with Gasteiger partial charge in [0.15, 0.2) is 0 Å². The molecule has 4 heteroatoms. The molecule has 0 aliphatic rings. The number of hydrogen-bond acceptors (Lipinski definition) is 2. The molecule has 17 heavy (non-hydrogen) atoms. The third kappa shape index (κ3) is 4.93. The minimum atomic E-state index is -0.632. The lowest BCUT2D eigenvalue weighted by molar-refractivity contribution is 0.0931. The first-order valence-corrected chi connectivity index (χ1v) is 5.92. The third-order valence-electron chi connectivity index (χ3n) is 2.50. The number of hydrogen-bond donors (Lipinski definition) is 1. The molecule has 0 aromatic carbocycles. The van der Waals surface area contributed by atoms with Crippen molar-refractivity contribution in [3.8, 4) is 0 Å². The molecule has 0 saturated heterocycles. The van der Waals surface area contributed by atoms with Gasteiger partial charge in [-0.3, -0.25) is 4.79 Å². The quantitative estimate of drug-likeness (QED) is 0.801. The van der Waals surface area contributed by atoms with E-state index >= 15 is 0 Å². The van der Waals surface area contributed by atoms with Crippen LogP contribution < -0.4 is 5.32 Å². The number of nitrogens with one attached hydrogen (secondary N) is 1. The predicted molar refractivity (Wildman–Crippen MR) is 65.2 cm³/mol. The number of rotatable bonds is 5. The number of amides is 1. The maximum atomic E-state index is 12.8.